The van der Waals surface area contributed by atoms with Gasteiger partial charge in [-0.15, -0.1) is 0 Å². The van der Waals surface area contributed by atoms with Crippen molar-refractivity contribution < 1.29 is 14.4 Å². The summed E-state index contributed by atoms with van der Waals surface area (Å²) in [6.07, 6.45) is 2.06. The number of fused-ring (bicyclic) bond motifs is 1. The molecule has 3 saturated heterocycles. The van der Waals surface area contributed by atoms with Crippen LogP contribution < -0.4 is 4.90 Å². The minimum Gasteiger partial charge on any atom is -0.312 e. The van der Waals surface area contributed by atoms with E-state index in [1.165, 1.54) is 4.90 Å². The van der Waals surface area contributed by atoms with Gasteiger partial charge in [-0.25, -0.2) is 9.69 Å². The van der Waals surface area contributed by atoms with Crippen molar-refractivity contribution in [2.45, 2.75) is 44.3 Å². The van der Waals surface area contributed by atoms with E-state index in [1.807, 2.05) is 37.3 Å². The molecule has 3 heterocycles. The second kappa shape index (κ2) is 5.08. The molecule has 120 valence electrons. The first-order valence-corrected chi connectivity index (χ1v) is 8.11. The fraction of sp³-hybridized carbons (Fsp3) is 0.471. The van der Waals surface area contributed by atoms with Crippen LogP contribution in [0.15, 0.2) is 30.3 Å². The second-order valence-electron chi connectivity index (χ2n) is 6.49. The third-order valence-corrected chi connectivity index (χ3v) is 5.10. The maximum absolute atomic E-state index is 12.9. The zero-order valence-electron chi connectivity index (χ0n) is 13.0. The molecule has 3 aliphatic rings. The molecule has 3 fully saturated rings. The maximum atomic E-state index is 12.9. The highest BCUT2D eigenvalue weighted by atomic mass is 16.2. The van der Waals surface area contributed by atoms with Gasteiger partial charge in [0.2, 0.25) is 0 Å². The number of rotatable bonds is 2. The summed E-state index contributed by atoms with van der Waals surface area (Å²) in [6.45, 7) is 2.57. The van der Waals surface area contributed by atoms with Crippen molar-refractivity contribution in [3.05, 3.63) is 30.3 Å². The molecule has 3 atom stereocenters. The lowest BCUT2D eigenvalue weighted by atomic mass is 10.1. The minimum absolute atomic E-state index is 0.0362. The van der Waals surface area contributed by atoms with E-state index in [-0.39, 0.29) is 29.9 Å². The Morgan fingerprint density at radius 3 is 2.35 bits per heavy atom. The highest BCUT2D eigenvalue weighted by Gasteiger charge is 2.54. The van der Waals surface area contributed by atoms with Crippen molar-refractivity contribution >= 4 is 23.5 Å². The Labute approximate surface area is 134 Å². The first-order valence-electron chi connectivity index (χ1n) is 8.11. The zero-order chi connectivity index (χ0) is 16.1. The molecule has 6 heteroatoms. The lowest BCUT2D eigenvalue weighted by molar-refractivity contribution is -0.133. The van der Waals surface area contributed by atoms with Gasteiger partial charge in [0.25, 0.3) is 11.8 Å². The summed E-state index contributed by atoms with van der Waals surface area (Å²) in [5.74, 6) is -0.362. The zero-order valence-corrected chi connectivity index (χ0v) is 13.0. The van der Waals surface area contributed by atoms with Gasteiger partial charge in [-0.1, -0.05) is 18.2 Å². The van der Waals surface area contributed by atoms with Crippen LogP contribution in [0.1, 0.15) is 26.2 Å². The smallest absolute Gasteiger partial charge is 0.312 e. The number of benzene rings is 1. The Morgan fingerprint density at radius 1 is 0.957 bits per heavy atom. The highest BCUT2D eigenvalue weighted by Crippen LogP contribution is 2.35. The van der Waals surface area contributed by atoms with Gasteiger partial charge < -0.3 is 9.80 Å². The average molecular weight is 313 g/mol. The van der Waals surface area contributed by atoms with Gasteiger partial charge in [-0.3, -0.25) is 9.59 Å². The van der Waals surface area contributed by atoms with Crippen LogP contribution in [0.5, 0.6) is 0 Å². The molecule has 1 aromatic carbocycles. The molecule has 23 heavy (non-hydrogen) atoms. The maximum Gasteiger partial charge on any atom is 0.328 e. The Kier molecular flexibility index (Phi) is 3.14. The number of imide groups is 1. The fourth-order valence-electron chi connectivity index (χ4n) is 4.03. The lowest BCUT2D eigenvalue weighted by Crippen LogP contribution is -2.46. The van der Waals surface area contributed by atoms with E-state index in [9.17, 15) is 14.4 Å². The number of carbonyl (C=O) groups excluding carboxylic acids is 3. The van der Waals surface area contributed by atoms with Crippen LogP contribution in [0, 0.1) is 0 Å². The molecule has 0 unspecified atom stereocenters. The van der Waals surface area contributed by atoms with Gasteiger partial charge in [-0.05, 0) is 38.3 Å². The number of carbonyl (C=O) groups is 3. The molecule has 0 aromatic heterocycles. The van der Waals surface area contributed by atoms with Crippen LogP contribution in [-0.2, 0) is 9.59 Å². The van der Waals surface area contributed by atoms with E-state index >= 15 is 0 Å². The van der Waals surface area contributed by atoms with Gasteiger partial charge in [0, 0.05) is 18.3 Å². The van der Waals surface area contributed by atoms with Crippen molar-refractivity contribution in [2.24, 2.45) is 0 Å². The first kappa shape index (κ1) is 14.2. The Morgan fingerprint density at radius 2 is 1.65 bits per heavy atom. The van der Waals surface area contributed by atoms with Crippen LogP contribution in [0.4, 0.5) is 10.5 Å². The molecule has 4 amide bonds. The molecular weight excluding hydrogens is 294 g/mol. The molecule has 0 aliphatic carbocycles. The molecule has 0 saturated carbocycles. The summed E-state index contributed by atoms with van der Waals surface area (Å²) >= 11 is 0. The van der Waals surface area contributed by atoms with Gasteiger partial charge in [0.1, 0.15) is 12.1 Å². The quantitative estimate of drug-likeness (QED) is 0.779. The molecule has 4 rings (SSSR count). The van der Waals surface area contributed by atoms with Crippen LogP contribution in [-0.4, -0.2) is 52.3 Å². The Balaban J connectivity index is 1.63. The van der Waals surface area contributed by atoms with Crippen LogP contribution in [0.25, 0.3) is 0 Å². The topological polar surface area (TPSA) is 60.9 Å². The SMILES string of the molecule is C[C@@H]1C[C@H](N2C(=O)[C@@H]3CCCN3C2=O)C(=O)N1c1ccccc1. The minimum atomic E-state index is -0.671. The van der Waals surface area contributed by atoms with Gasteiger partial charge in [0.15, 0.2) is 0 Å². The van der Waals surface area contributed by atoms with Gasteiger partial charge >= 0.3 is 6.03 Å². The molecule has 0 radical (unpaired) electrons. The molecule has 0 spiro atoms. The summed E-state index contributed by atoms with van der Waals surface area (Å²) in [5.41, 5.74) is 0.812. The Hall–Kier alpha value is -2.37. The Bertz CT molecular complexity index is 653. The number of hydrogen-bond acceptors (Lipinski definition) is 3. The summed E-state index contributed by atoms with van der Waals surface area (Å²) in [7, 11) is 0. The molecule has 0 bridgehead atoms. The van der Waals surface area contributed by atoms with E-state index in [0.29, 0.717) is 19.4 Å². The predicted molar refractivity (Wildman–Crippen MR) is 83.8 cm³/mol. The molecule has 6 nitrogen and oxygen atoms in total. The summed E-state index contributed by atoms with van der Waals surface area (Å²) in [6, 6.07) is 8.06. The number of urea groups is 1. The average Bonchev–Trinajstić information content (AvgIpc) is 3.19. The predicted octanol–water partition coefficient (Wildman–Crippen LogP) is 1.61. The van der Waals surface area contributed by atoms with E-state index < -0.39 is 6.04 Å². The van der Waals surface area contributed by atoms with Crippen LogP contribution in [0.3, 0.4) is 0 Å². The van der Waals surface area contributed by atoms with Crippen molar-refractivity contribution in [1.29, 1.82) is 0 Å². The molecule has 1 aromatic rings. The van der Waals surface area contributed by atoms with Crippen molar-refractivity contribution in [2.75, 3.05) is 11.4 Å². The standard InChI is InChI=1S/C17H19N3O3/c1-11-10-14(16(22)19(11)12-6-3-2-4-7-12)20-15(21)13-8-5-9-18(13)17(20)23/h2-4,6-7,11,13-14H,5,8-10H2,1H3/t11-,13+,14+/m1/s1. The number of hydrogen-bond donors (Lipinski definition) is 0. The number of amides is 4. The van der Waals surface area contributed by atoms with E-state index in [4.69, 9.17) is 0 Å². The van der Waals surface area contributed by atoms with E-state index in [2.05, 4.69) is 0 Å². The molecule has 3 aliphatic heterocycles. The van der Waals surface area contributed by atoms with E-state index in [1.54, 1.807) is 9.80 Å². The summed E-state index contributed by atoms with van der Waals surface area (Å²) < 4.78 is 0. The van der Waals surface area contributed by atoms with Crippen molar-refractivity contribution in [1.82, 2.24) is 9.80 Å². The normalized spacial score (nSPS) is 30.6. The van der Waals surface area contributed by atoms with E-state index in [0.717, 1.165) is 12.1 Å². The number of nitrogens with zero attached hydrogens (tertiary/aromatic N) is 3. The van der Waals surface area contributed by atoms with Crippen LogP contribution >= 0.6 is 0 Å². The number of para-hydroxylation sites is 1. The number of anilines is 1. The molecular formula is C17H19N3O3. The lowest BCUT2D eigenvalue weighted by Gasteiger charge is -2.23. The van der Waals surface area contributed by atoms with Crippen molar-refractivity contribution in [3.63, 3.8) is 0 Å². The summed E-state index contributed by atoms with van der Waals surface area (Å²) in [4.78, 5) is 42.5. The highest BCUT2D eigenvalue weighted by molar-refractivity contribution is 6.11. The van der Waals surface area contributed by atoms with Gasteiger partial charge in [-0.2, -0.15) is 0 Å². The molecule has 0 N–H and O–H groups in total. The van der Waals surface area contributed by atoms with Crippen LogP contribution in [0.2, 0.25) is 0 Å². The van der Waals surface area contributed by atoms with Crippen molar-refractivity contribution in [3.8, 4) is 0 Å². The fourth-order valence-corrected chi connectivity index (χ4v) is 4.03. The first-order chi connectivity index (χ1) is 11.1. The van der Waals surface area contributed by atoms with Gasteiger partial charge in [0.05, 0.1) is 0 Å². The largest absolute Gasteiger partial charge is 0.328 e. The third-order valence-electron chi connectivity index (χ3n) is 5.10. The second-order valence-corrected chi connectivity index (χ2v) is 6.49. The monoisotopic (exact) mass is 313 g/mol. The summed E-state index contributed by atoms with van der Waals surface area (Å²) in [5, 5.41) is 0. The third kappa shape index (κ3) is 1.97.